The maximum Gasteiger partial charge on any atom is 0.387 e. The Kier molecular flexibility index (Phi) is 7.73. The third-order valence-corrected chi connectivity index (χ3v) is 4.09. The van der Waals surface area contributed by atoms with Crippen LogP contribution in [0, 0.1) is 0 Å². The van der Waals surface area contributed by atoms with Crippen molar-refractivity contribution < 1.29 is 23.1 Å². The lowest BCUT2D eigenvalue weighted by molar-refractivity contribution is -0.136. The number of likely N-dealkylation sites (N-methyl/N-ethyl adjacent to an activating group) is 1. The summed E-state index contributed by atoms with van der Waals surface area (Å²) < 4.78 is 29.0. The van der Waals surface area contributed by atoms with Crippen LogP contribution >= 0.6 is 0 Å². The number of carbonyl (C=O) groups excluding carboxylic acids is 2. The molecular weight excluding hydrogens is 346 g/mol. The highest BCUT2D eigenvalue weighted by Crippen LogP contribution is 2.25. The van der Waals surface area contributed by atoms with Crippen LogP contribution in [-0.2, 0) is 9.59 Å². The van der Waals surface area contributed by atoms with Gasteiger partial charge in [-0.15, -0.1) is 0 Å². The second-order valence-electron chi connectivity index (χ2n) is 6.08. The molecule has 0 aromatic heterocycles. The maximum atomic E-state index is 12.4. The Balaban J connectivity index is 1.72. The van der Waals surface area contributed by atoms with Crippen molar-refractivity contribution in [2.24, 2.45) is 0 Å². The van der Waals surface area contributed by atoms with E-state index < -0.39 is 18.4 Å². The SMILES string of the molecule is CN1CCN(CCCNC(=O)C(=O)Nc2ccccc2OC(F)F)CC1. The molecule has 144 valence electrons. The van der Waals surface area contributed by atoms with Crippen LogP contribution in [0.25, 0.3) is 0 Å². The number of benzene rings is 1. The van der Waals surface area contributed by atoms with E-state index >= 15 is 0 Å². The minimum absolute atomic E-state index is 0.0189. The quantitative estimate of drug-likeness (QED) is 0.553. The van der Waals surface area contributed by atoms with Crippen molar-refractivity contribution in [2.75, 3.05) is 51.6 Å². The first-order valence-electron chi connectivity index (χ1n) is 8.49. The third-order valence-electron chi connectivity index (χ3n) is 4.09. The number of carbonyl (C=O) groups is 2. The third kappa shape index (κ3) is 6.57. The largest absolute Gasteiger partial charge is 0.433 e. The molecular formula is C17H24F2N4O3. The average molecular weight is 370 g/mol. The van der Waals surface area contributed by atoms with Gasteiger partial charge in [-0.2, -0.15) is 8.78 Å². The Bertz CT molecular complexity index is 607. The topological polar surface area (TPSA) is 73.9 Å². The van der Waals surface area contributed by atoms with Crippen LogP contribution in [0.4, 0.5) is 14.5 Å². The maximum absolute atomic E-state index is 12.4. The minimum atomic E-state index is -3.02. The van der Waals surface area contributed by atoms with Crippen LogP contribution in [0.5, 0.6) is 5.75 Å². The van der Waals surface area contributed by atoms with Gasteiger partial charge in [0, 0.05) is 32.7 Å². The highest BCUT2D eigenvalue weighted by Gasteiger charge is 2.17. The van der Waals surface area contributed by atoms with E-state index in [1.165, 1.54) is 18.2 Å². The van der Waals surface area contributed by atoms with Crippen molar-refractivity contribution in [3.8, 4) is 5.75 Å². The van der Waals surface area contributed by atoms with Crippen molar-refractivity contribution >= 4 is 17.5 Å². The molecule has 1 aromatic carbocycles. The number of nitrogens with zero attached hydrogens (tertiary/aromatic N) is 2. The Morgan fingerprint density at radius 3 is 2.54 bits per heavy atom. The number of alkyl halides is 2. The van der Waals surface area contributed by atoms with Crippen LogP contribution in [0.15, 0.2) is 24.3 Å². The molecule has 2 N–H and O–H groups in total. The molecule has 0 aliphatic carbocycles. The molecule has 26 heavy (non-hydrogen) atoms. The van der Waals surface area contributed by atoms with Crippen LogP contribution < -0.4 is 15.4 Å². The molecule has 0 spiro atoms. The fourth-order valence-electron chi connectivity index (χ4n) is 2.60. The molecule has 0 saturated carbocycles. The first-order chi connectivity index (χ1) is 12.5. The second-order valence-corrected chi connectivity index (χ2v) is 6.08. The molecule has 0 bridgehead atoms. The smallest absolute Gasteiger partial charge is 0.387 e. The number of halogens is 2. The number of hydrogen-bond acceptors (Lipinski definition) is 5. The van der Waals surface area contributed by atoms with Gasteiger partial charge in [0.1, 0.15) is 5.75 Å². The van der Waals surface area contributed by atoms with E-state index in [-0.39, 0.29) is 11.4 Å². The first-order valence-corrected chi connectivity index (χ1v) is 8.49. The summed E-state index contributed by atoms with van der Waals surface area (Å²) in [7, 11) is 2.08. The predicted octanol–water partition coefficient (Wildman–Crippen LogP) is 0.980. The Morgan fingerprint density at radius 1 is 1.15 bits per heavy atom. The predicted molar refractivity (Wildman–Crippen MR) is 93.3 cm³/mol. The Morgan fingerprint density at radius 2 is 1.85 bits per heavy atom. The van der Waals surface area contributed by atoms with E-state index in [0.717, 1.165) is 39.1 Å². The fraction of sp³-hybridized carbons (Fsp3) is 0.529. The van der Waals surface area contributed by atoms with Gasteiger partial charge in [0.05, 0.1) is 5.69 Å². The zero-order valence-electron chi connectivity index (χ0n) is 14.7. The fourth-order valence-corrected chi connectivity index (χ4v) is 2.60. The molecule has 2 rings (SSSR count). The monoisotopic (exact) mass is 370 g/mol. The molecule has 9 heteroatoms. The molecule has 1 fully saturated rings. The summed E-state index contributed by atoms with van der Waals surface area (Å²) in [6.07, 6.45) is 0.730. The standard InChI is InChI=1S/C17H24F2N4O3/c1-22-9-11-23(12-10-22)8-4-7-20-15(24)16(25)21-13-5-2-3-6-14(13)26-17(18)19/h2-3,5-6,17H,4,7-12H2,1H3,(H,20,24)(H,21,25). The van der Waals surface area contributed by atoms with E-state index in [2.05, 4.69) is 32.2 Å². The van der Waals surface area contributed by atoms with Crippen LogP contribution in [0.1, 0.15) is 6.42 Å². The summed E-state index contributed by atoms with van der Waals surface area (Å²) >= 11 is 0. The van der Waals surface area contributed by atoms with Crippen molar-refractivity contribution in [2.45, 2.75) is 13.0 Å². The van der Waals surface area contributed by atoms with E-state index in [0.29, 0.717) is 6.54 Å². The lowest BCUT2D eigenvalue weighted by atomic mass is 10.3. The van der Waals surface area contributed by atoms with Gasteiger partial charge in [-0.25, -0.2) is 0 Å². The van der Waals surface area contributed by atoms with Gasteiger partial charge in [0.2, 0.25) is 0 Å². The molecule has 7 nitrogen and oxygen atoms in total. The lowest BCUT2D eigenvalue weighted by Gasteiger charge is -2.32. The van der Waals surface area contributed by atoms with Gasteiger partial charge in [-0.1, -0.05) is 12.1 Å². The van der Waals surface area contributed by atoms with E-state index in [9.17, 15) is 18.4 Å². The van der Waals surface area contributed by atoms with Crippen molar-refractivity contribution in [3.63, 3.8) is 0 Å². The van der Waals surface area contributed by atoms with Crippen LogP contribution in [0.2, 0.25) is 0 Å². The molecule has 1 saturated heterocycles. The van der Waals surface area contributed by atoms with E-state index in [1.807, 2.05) is 0 Å². The highest BCUT2D eigenvalue weighted by atomic mass is 19.3. The zero-order chi connectivity index (χ0) is 18.9. The second kappa shape index (κ2) is 10.0. The molecule has 0 radical (unpaired) electrons. The van der Waals surface area contributed by atoms with E-state index in [1.54, 1.807) is 6.07 Å². The van der Waals surface area contributed by atoms with Gasteiger partial charge in [0.25, 0.3) is 0 Å². The van der Waals surface area contributed by atoms with E-state index in [4.69, 9.17) is 0 Å². The number of nitrogens with one attached hydrogen (secondary N) is 2. The summed E-state index contributed by atoms with van der Waals surface area (Å²) in [5.41, 5.74) is 0.0189. The van der Waals surface area contributed by atoms with Crippen molar-refractivity contribution in [1.82, 2.24) is 15.1 Å². The number of rotatable bonds is 7. The lowest BCUT2D eigenvalue weighted by Crippen LogP contribution is -2.45. The number of amides is 2. The molecule has 1 heterocycles. The van der Waals surface area contributed by atoms with Crippen LogP contribution in [-0.4, -0.2) is 74.5 Å². The number of para-hydroxylation sites is 2. The summed E-state index contributed by atoms with van der Waals surface area (Å²) in [4.78, 5) is 28.3. The molecule has 0 atom stereocenters. The normalized spacial score (nSPS) is 15.7. The van der Waals surface area contributed by atoms with Gasteiger partial charge in [-0.3, -0.25) is 9.59 Å². The number of hydrogen-bond donors (Lipinski definition) is 2. The number of piperazine rings is 1. The summed E-state index contributed by atoms with van der Waals surface area (Å²) in [5.74, 6) is -1.93. The number of ether oxygens (including phenoxy) is 1. The molecule has 1 aliphatic heterocycles. The van der Waals surface area contributed by atoms with Crippen molar-refractivity contribution in [1.29, 1.82) is 0 Å². The minimum Gasteiger partial charge on any atom is -0.433 e. The van der Waals surface area contributed by atoms with Gasteiger partial charge >= 0.3 is 18.4 Å². The Hall–Kier alpha value is -2.26. The molecule has 1 aromatic rings. The molecule has 0 unspecified atom stereocenters. The highest BCUT2D eigenvalue weighted by molar-refractivity contribution is 6.39. The molecule has 1 aliphatic rings. The van der Waals surface area contributed by atoms with Crippen molar-refractivity contribution in [3.05, 3.63) is 24.3 Å². The van der Waals surface area contributed by atoms with Gasteiger partial charge in [0.15, 0.2) is 0 Å². The zero-order valence-corrected chi connectivity index (χ0v) is 14.7. The van der Waals surface area contributed by atoms with Gasteiger partial charge in [-0.05, 0) is 32.1 Å². The first kappa shape index (κ1) is 20.1. The molecule has 2 amide bonds. The Labute approximate surface area is 151 Å². The summed E-state index contributed by atoms with van der Waals surface area (Å²) in [5, 5.41) is 4.82. The number of anilines is 1. The van der Waals surface area contributed by atoms with Crippen LogP contribution in [0.3, 0.4) is 0 Å². The van der Waals surface area contributed by atoms with Gasteiger partial charge < -0.3 is 25.2 Å². The summed E-state index contributed by atoms with van der Waals surface area (Å²) in [6, 6.07) is 5.71. The average Bonchev–Trinajstić information content (AvgIpc) is 2.61. The summed E-state index contributed by atoms with van der Waals surface area (Å²) in [6.45, 7) is 2.23.